The van der Waals surface area contributed by atoms with E-state index in [9.17, 15) is 0 Å². The Morgan fingerprint density at radius 3 is 2.64 bits per heavy atom. The van der Waals surface area contributed by atoms with Gasteiger partial charge in [0.1, 0.15) is 23.7 Å². The molecule has 6 rings (SSSR count). The van der Waals surface area contributed by atoms with Crippen molar-refractivity contribution in [3.05, 3.63) is 54.9 Å². The molecule has 1 fully saturated rings. The number of rotatable bonds is 7. The molecule has 0 atom stereocenters. The molecule has 3 heterocycles. The van der Waals surface area contributed by atoms with Crippen molar-refractivity contribution in [3.8, 4) is 22.6 Å². The molecule has 1 aliphatic rings. The van der Waals surface area contributed by atoms with E-state index < -0.39 is 0 Å². The fourth-order valence-corrected chi connectivity index (χ4v) is 5.09. The Morgan fingerprint density at radius 1 is 1.00 bits per heavy atom. The number of nitrogens with two attached hydrogens (primary N) is 1. The first-order chi connectivity index (χ1) is 17.7. The number of anilines is 1. The Balaban J connectivity index is 1.34. The Morgan fingerprint density at radius 2 is 1.83 bits per heavy atom. The maximum Gasteiger partial charge on any atom is 0.164 e. The summed E-state index contributed by atoms with van der Waals surface area (Å²) in [6, 6.07) is 16.5. The van der Waals surface area contributed by atoms with Crippen LogP contribution in [-0.2, 0) is 9.47 Å². The molecule has 9 heteroatoms. The molecule has 0 saturated heterocycles. The van der Waals surface area contributed by atoms with Crippen LogP contribution in [0.25, 0.3) is 44.7 Å². The molecule has 36 heavy (non-hydrogen) atoms. The first-order valence-corrected chi connectivity index (χ1v) is 12.4. The van der Waals surface area contributed by atoms with Crippen molar-refractivity contribution in [1.29, 1.82) is 0 Å². The second kappa shape index (κ2) is 9.67. The van der Waals surface area contributed by atoms with E-state index >= 15 is 0 Å². The number of nitrogen functional groups attached to an aromatic ring is 1. The van der Waals surface area contributed by atoms with Gasteiger partial charge in [-0.15, -0.1) is 0 Å². The lowest BCUT2D eigenvalue weighted by Crippen LogP contribution is -2.25. The second-order valence-corrected chi connectivity index (χ2v) is 9.23. The van der Waals surface area contributed by atoms with Gasteiger partial charge in [-0.1, -0.05) is 36.4 Å². The number of ether oxygens (including phenoxy) is 2. The molecule has 184 valence electrons. The largest absolute Gasteiger partial charge is 0.383 e. The molecule has 5 aromatic rings. The normalized spacial score (nSPS) is 18.2. The number of hydrogen-bond donors (Lipinski definition) is 2. The monoisotopic (exact) mass is 483 g/mol. The van der Waals surface area contributed by atoms with Gasteiger partial charge in [0.15, 0.2) is 5.65 Å². The molecule has 3 aromatic heterocycles. The van der Waals surface area contributed by atoms with Crippen LogP contribution in [0.2, 0.25) is 0 Å². The summed E-state index contributed by atoms with van der Waals surface area (Å²) < 4.78 is 13.1. The van der Waals surface area contributed by atoms with E-state index in [0.29, 0.717) is 19.0 Å². The van der Waals surface area contributed by atoms with Gasteiger partial charge in [0.25, 0.3) is 0 Å². The Labute approximate surface area is 208 Å². The summed E-state index contributed by atoms with van der Waals surface area (Å²) in [7, 11) is 1.69. The van der Waals surface area contributed by atoms with Crippen LogP contribution >= 0.6 is 0 Å². The number of methoxy groups -OCH3 is 1. The topological polar surface area (TPSA) is 117 Å². The molecule has 3 N–H and O–H groups in total. The van der Waals surface area contributed by atoms with E-state index in [1.54, 1.807) is 7.11 Å². The number of aromatic amines is 1. The van der Waals surface area contributed by atoms with E-state index in [1.165, 1.54) is 6.33 Å². The zero-order chi connectivity index (χ0) is 24.5. The zero-order valence-corrected chi connectivity index (χ0v) is 20.2. The molecule has 0 bridgehead atoms. The van der Waals surface area contributed by atoms with Gasteiger partial charge in [0.2, 0.25) is 0 Å². The molecular weight excluding hydrogens is 454 g/mol. The number of hydrogen-bond acceptors (Lipinski definition) is 7. The summed E-state index contributed by atoms with van der Waals surface area (Å²) in [5.74, 6) is 1.27. The molecule has 0 spiro atoms. The highest BCUT2D eigenvalue weighted by Gasteiger charge is 2.27. The Kier molecular flexibility index (Phi) is 6.08. The minimum absolute atomic E-state index is 0.233. The van der Waals surface area contributed by atoms with E-state index in [1.807, 2.05) is 47.1 Å². The fraction of sp³-hybridized carbons (Fsp3) is 0.333. The van der Waals surface area contributed by atoms with Crippen molar-refractivity contribution in [2.24, 2.45) is 0 Å². The average molecular weight is 484 g/mol. The summed E-state index contributed by atoms with van der Waals surface area (Å²) in [5.41, 5.74) is 11.7. The van der Waals surface area contributed by atoms with Crippen LogP contribution in [0.1, 0.15) is 31.7 Å². The van der Waals surface area contributed by atoms with Gasteiger partial charge >= 0.3 is 0 Å². The molecule has 2 aromatic carbocycles. The molecule has 0 radical (unpaired) electrons. The number of fused-ring (bicyclic) bond motifs is 2. The van der Waals surface area contributed by atoms with Crippen molar-refractivity contribution in [2.45, 2.75) is 37.8 Å². The minimum atomic E-state index is 0.233. The van der Waals surface area contributed by atoms with Gasteiger partial charge in [0, 0.05) is 18.2 Å². The van der Waals surface area contributed by atoms with Crippen LogP contribution in [0.3, 0.4) is 0 Å². The molecular formula is C27H29N7O2. The lowest BCUT2D eigenvalue weighted by atomic mass is 9.93. The highest BCUT2D eigenvalue weighted by atomic mass is 16.5. The van der Waals surface area contributed by atoms with Crippen LogP contribution in [0.5, 0.6) is 0 Å². The van der Waals surface area contributed by atoms with Crippen molar-refractivity contribution < 1.29 is 9.47 Å². The maximum atomic E-state index is 6.36. The van der Waals surface area contributed by atoms with Crippen LogP contribution < -0.4 is 5.73 Å². The van der Waals surface area contributed by atoms with Gasteiger partial charge in [-0.2, -0.15) is 5.10 Å². The summed E-state index contributed by atoms with van der Waals surface area (Å²) >= 11 is 0. The van der Waals surface area contributed by atoms with Crippen LogP contribution in [0.4, 0.5) is 5.82 Å². The van der Waals surface area contributed by atoms with Gasteiger partial charge in [-0.3, -0.25) is 0 Å². The standard InChI is InChI=1S/C27H29N7O2/c1-35-13-14-36-20-10-8-19(9-11-20)34-27-23(25(28)29-16-30-27)24(33-34)18-7-12-21-22(15-18)32-26(31-21)17-5-3-2-4-6-17/h2-7,12,15-16,19-20H,8-11,13-14H2,1H3,(H,31,32)(H2,28,29,30)/t19-,20-. The number of imidazole rings is 1. The Bertz CT molecular complexity index is 1490. The van der Waals surface area contributed by atoms with Crippen molar-refractivity contribution >= 4 is 27.9 Å². The quantitative estimate of drug-likeness (QED) is 0.320. The van der Waals surface area contributed by atoms with Gasteiger partial charge in [-0.25, -0.2) is 19.6 Å². The number of nitrogens with one attached hydrogen (secondary N) is 1. The smallest absolute Gasteiger partial charge is 0.164 e. The first-order valence-electron chi connectivity index (χ1n) is 12.4. The SMILES string of the molecule is COCCO[C@H]1CC[C@H](n2nc(-c3ccc4[nH]c(-c5ccccc5)nc4c3)c3c(N)ncnc32)CC1. The third kappa shape index (κ3) is 4.20. The van der Waals surface area contributed by atoms with Gasteiger partial charge in [-0.05, 0) is 37.8 Å². The van der Waals surface area contributed by atoms with Gasteiger partial charge < -0.3 is 20.2 Å². The third-order valence-electron chi connectivity index (χ3n) is 6.95. The van der Waals surface area contributed by atoms with E-state index in [2.05, 4.69) is 21.0 Å². The highest BCUT2D eigenvalue weighted by molar-refractivity contribution is 5.99. The molecule has 0 aliphatic heterocycles. The number of H-pyrrole nitrogens is 1. The van der Waals surface area contributed by atoms with Gasteiger partial charge in [0.05, 0.1) is 41.8 Å². The number of aromatic nitrogens is 6. The first kappa shape index (κ1) is 22.6. The summed E-state index contributed by atoms with van der Waals surface area (Å²) in [4.78, 5) is 17.1. The van der Waals surface area contributed by atoms with Crippen LogP contribution in [-0.4, -0.2) is 56.1 Å². The van der Waals surface area contributed by atoms with Crippen molar-refractivity contribution in [3.63, 3.8) is 0 Å². The molecule has 1 aliphatic carbocycles. The van der Waals surface area contributed by atoms with Crippen LogP contribution in [0.15, 0.2) is 54.9 Å². The second-order valence-electron chi connectivity index (χ2n) is 9.23. The molecule has 0 amide bonds. The highest BCUT2D eigenvalue weighted by Crippen LogP contribution is 2.37. The summed E-state index contributed by atoms with van der Waals surface area (Å²) in [5, 5.41) is 5.84. The summed E-state index contributed by atoms with van der Waals surface area (Å²) in [6.07, 6.45) is 5.67. The predicted molar refractivity (Wildman–Crippen MR) is 139 cm³/mol. The van der Waals surface area contributed by atoms with E-state index in [0.717, 1.165) is 70.4 Å². The average Bonchev–Trinajstić information content (AvgIpc) is 3.52. The number of benzene rings is 2. The Hall–Kier alpha value is -3.82. The van der Waals surface area contributed by atoms with E-state index in [4.69, 9.17) is 25.3 Å². The van der Waals surface area contributed by atoms with E-state index in [-0.39, 0.29) is 12.1 Å². The van der Waals surface area contributed by atoms with Crippen molar-refractivity contribution in [2.75, 3.05) is 26.1 Å². The van der Waals surface area contributed by atoms with Crippen molar-refractivity contribution in [1.82, 2.24) is 29.7 Å². The summed E-state index contributed by atoms with van der Waals surface area (Å²) in [6.45, 7) is 1.25. The minimum Gasteiger partial charge on any atom is -0.383 e. The molecule has 9 nitrogen and oxygen atoms in total. The predicted octanol–water partition coefficient (Wildman–Crippen LogP) is 4.77. The number of nitrogens with zero attached hydrogens (tertiary/aromatic N) is 5. The molecule has 0 unspecified atom stereocenters. The lowest BCUT2D eigenvalue weighted by Gasteiger charge is -2.28. The maximum absolute atomic E-state index is 6.36. The lowest BCUT2D eigenvalue weighted by molar-refractivity contribution is -0.00691. The zero-order valence-electron chi connectivity index (χ0n) is 20.2. The van der Waals surface area contributed by atoms with Crippen LogP contribution in [0, 0.1) is 0 Å². The fourth-order valence-electron chi connectivity index (χ4n) is 5.09. The molecule has 1 saturated carbocycles. The third-order valence-corrected chi connectivity index (χ3v) is 6.95.